The summed E-state index contributed by atoms with van der Waals surface area (Å²) < 4.78 is 0. The molecule has 94 valence electrons. The number of imidazole rings is 1. The van der Waals surface area contributed by atoms with E-state index >= 15 is 0 Å². The first-order valence-corrected chi connectivity index (χ1v) is 5.51. The fourth-order valence-corrected chi connectivity index (χ4v) is 2.18. The van der Waals surface area contributed by atoms with Crippen LogP contribution in [0.5, 0.6) is 0 Å². The van der Waals surface area contributed by atoms with E-state index < -0.39 is 11.5 Å². The standard InChI is InChI=1S/C10H12N6O2/c11-10(9(17)18)1-2-16(3-10)8-6-7(13-4-12-6)14-5-15-8/h4-5H,1-3,11H2,(H,17,18)(H,12,13,14,15). The van der Waals surface area contributed by atoms with Crippen molar-refractivity contribution in [3.05, 3.63) is 12.7 Å². The Hall–Kier alpha value is -2.22. The summed E-state index contributed by atoms with van der Waals surface area (Å²) in [6, 6.07) is 0. The molecule has 0 radical (unpaired) electrons. The van der Waals surface area contributed by atoms with Crippen molar-refractivity contribution in [2.45, 2.75) is 12.0 Å². The van der Waals surface area contributed by atoms with Crippen LogP contribution in [-0.4, -0.2) is 49.6 Å². The number of aromatic nitrogens is 4. The van der Waals surface area contributed by atoms with Gasteiger partial charge in [0, 0.05) is 13.1 Å². The lowest BCUT2D eigenvalue weighted by Gasteiger charge is -2.20. The number of H-pyrrole nitrogens is 1. The molecular weight excluding hydrogens is 236 g/mol. The number of nitrogens with zero attached hydrogens (tertiary/aromatic N) is 4. The molecule has 2 aromatic rings. The zero-order valence-corrected chi connectivity index (χ0v) is 9.50. The number of aromatic amines is 1. The van der Waals surface area contributed by atoms with Gasteiger partial charge in [-0.1, -0.05) is 0 Å². The van der Waals surface area contributed by atoms with E-state index in [9.17, 15) is 4.79 Å². The first kappa shape index (κ1) is 10.9. The Kier molecular flexibility index (Phi) is 2.20. The summed E-state index contributed by atoms with van der Waals surface area (Å²) in [5.41, 5.74) is 5.89. The third-order valence-electron chi connectivity index (χ3n) is 3.23. The van der Waals surface area contributed by atoms with Crippen molar-refractivity contribution in [2.75, 3.05) is 18.0 Å². The third-order valence-corrected chi connectivity index (χ3v) is 3.23. The number of rotatable bonds is 2. The smallest absolute Gasteiger partial charge is 0.325 e. The lowest BCUT2D eigenvalue weighted by atomic mass is 10.0. The number of carboxylic acids is 1. The molecule has 1 aliphatic heterocycles. The number of nitrogens with one attached hydrogen (secondary N) is 1. The molecule has 0 aliphatic carbocycles. The number of hydrogen-bond donors (Lipinski definition) is 3. The van der Waals surface area contributed by atoms with E-state index in [0.29, 0.717) is 29.9 Å². The van der Waals surface area contributed by atoms with E-state index in [1.807, 2.05) is 4.90 Å². The van der Waals surface area contributed by atoms with Crippen LogP contribution >= 0.6 is 0 Å². The molecule has 0 spiro atoms. The predicted octanol–water partition coefficient (Wildman–Crippen LogP) is -0.655. The largest absolute Gasteiger partial charge is 0.480 e. The average molecular weight is 248 g/mol. The molecule has 2 aromatic heterocycles. The number of hydrogen-bond acceptors (Lipinski definition) is 6. The van der Waals surface area contributed by atoms with Crippen LogP contribution in [-0.2, 0) is 4.79 Å². The van der Waals surface area contributed by atoms with Crippen LogP contribution in [0.25, 0.3) is 11.2 Å². The van der Waals surface area contributed by atoms with Crippen LogP contribution in [0.15, 0.2) is 12.7 Å². The van der Waals surface area contributed by atoms with E-state index in [2.05, 4.69) is 19.9 Å². The molecule has 8 heteroatoms. The van der Waals surface area contributed by atoms with E-state index in [-0.39, 0.29) is 6.54 Å². The zero-order chi connectivity index (χ0) is 12.8. The number of anilines is 1. The summed E-state index contributed by atoms with van der Waals surface area (Å²) in [4.78, 5) is 28.1. The highest BCUT2D eigenvalue weighted by atomic mass is 16.4. The van der Waals surface area contributed by atoms with E-state index in [0.717, 1.165) is 0 Å². The van der Waals surface area contributed by atoms with E-state index in [4.69, 9.17) is 10.8 Å². The van der Waals surface area contributed by atoms with Gasteiger partial charge in [-0.25, -0.2) is 15.0 Å². The summed E-state index contributed by atoms with van der Waals surface area (Å²) in [7, 11) is 0. The molecule has 18 heavy (non-hydrogen) atoms. The summed E-state index contributed by atoms with van der Waals surface area (Å²) >= 11 is 0. The highest BCUT2D eigenvalue weighted by Crippen LogP contribution is 2.27. The molecule has 0 bridgehead atoms. The topological polar surface area (TPSA) is 121 Å². The molecule has 1 unspecified atom stereocenters. The van der Waals surface area contributed by atoms with Crippen molar-refractivity contribution in [3.8, 4) is 0 Å². The summed E-state index contributed by atoms with van der Waals surface area (Å²) in [6.07, 6.45) is 3.34. The fourth-order valence-electron chi connectivity index (χ4n) is 2.18. The van der Waals surface area contributed by atoms with Crippen molar-refractivity contribution < 1.29 is 9.90 Å². The zero-order valence-electron chi connectivity index (χ0n) is 9.50. The molecule has 3 rings (SSSR count). The fraction of sp³-hybridized carbons (Fsp3) is 0.400. The van der Waals surface area contributed by atoms with Gasteiger partial charge in [0.1, 0.15) is 17.4 Å². The van der Waals surface area contributed by atoms with Crippen LogP contribution in [0.3, 0.4) is 0 Å². The maximum Gasteiger partial charge on any atom is 0.325 e. The Morgan fingerprint density at radius 2 is 2.33 bits per heavy atom. The molecule has 0 aromatic carbocycles. The molecule has 8 nitrogen and oxygen atoms in total. The van der Waals surface area contributed by atoms with Crippen molar-refractivity contribution >= 4 is 23.0 Å². The van der Waals surface area contributed by atoms with Gasteiger partial charge in [0.05, 0.1) is 6.33 Å². The third kappa shape index (κ3) is 1.50. The van der Waals surface area contributed by atoms with Gasteiger partial charge in [-0.3, -0.25) is 4.79 Å². The molecule has 3 heterocycles. The highest BCUT2D eigenvalue weighted by molar-refractivity contribution is 5.85. The SMILES string of the molecule is NC1(C(=O)O)CCN(c2ncnc3nc[nH]c23)C1. The summed E-state index contributed by atoms with van der Waals surface area (Å²) in [5.74, 6) is -0.342. The van der Waals surface area contributed by atoms with Crippen LogP contribution in [0, 0.1) is 0 Å². The van der Waals surface area contributed by atoms with Crippen molar-refractivity contribution in [1.82, 2.24) is 19.9 Å². The van der Waals surface area contributed by atoms with Gasteiger partial charge in [0.2, 0.25) is 0 Å². The van der Waals surface area contributed by atoms with Gasteiger partial charge in [-0.15, -0.1) is 0 Å². The Morgan fingerprint density at radius 1 is 1.50 bits per heavy atom. The molecule has 1 fully saturated rings. The number of carbonyl (C=O) groups is 1. The van der Waals surface area contributed by atoms with Crippen molar-refractivity contribution in [3.63, 3.8) is 0 Å². The second-order valence-corrected chi connectivity index (χ2v) is 4.43. The number of nitrogens with two attached hydrogens (primary N) is 1. The number of aliphatic carboxylic acids is 1. The molecule has 1 saturated heterocycles. The van der Waals surface area contributed by atoms with Crippen LogP contribution in [0.2, 0.25) is 0 Å². The molecule has 4 N–H and O–H groups in total. The predicted molar refractivity (Wildman–Crippen MR) is 63.1 cm³/mol. The maximum atomic E-state index is 11.1. The van der Waals surface area contributed by atoms with Gasteiger partial charge in [0.15, 0.2) is 11.5 Å². The van der Waals surface area contributed by atoms with Crippen molar-refractivity contribution in [1.29, 1.82) is 0 Å². The molecule has 1 atom stereocenters. The first-order chi connectivity index (χ1) is 8.60. The quantitative estimate of drug-likeness (QED) is 0.645. The molecule has 0 saturated carbocycles. The van der Waals surface area contributed by atoms with Gasteiger partial charge in [0.25, 0.3) is 0 Å². The average Bonchev–Trinajstić information content (AvgIpc) is 2.95. The number of carboxylic acid groups (broad SMARTS) is 1. The Bertz CT molecular complexity index is 611. The van der Waals surface area contributed by atoms with Crippen LogP contribution in [0.4, 0.5) is 5.82 Å². The second kappa shape index (κ2) is 3.64. The first-order valence-electron chi connectivity index (χ1n) is 5.51. The lowest BCUT2D eigenvalue weighted by molar-refractivity contribution is -0.142. The van der Waals surface area contributed by atoms with Gasteiger partial charge < -0.3 is 20.7 Å². The normalized spacial score (nSPS) is 23.7. The minimum atomic E-state index is -1.21. The Balaban J connectivity index is 1.98. The van der Waals surface area contributed by atoms with Crippen molar-refractivity contribution in [2.24, 2.45) is 5.73 Å². The van der Waals surface area contributed by atoms with Gasteiger partial charge >= 0.3 is 5.97 Å². The molecule has 0 amide bonds. The van der Waals surface area contributed by atoms with Crippen LogP contribution < -0.4 is 10.6 Å². The summed E-state index contributed by atoms with van der Waals surface area (Å²) in [5, 5.41) is 9.11. The lowest BCUT2D eigenvalue weighted by Crippen LogP contribution is -2.50. The maximum absolute atomic E-state index is 11.1. The highest BCUT2D eigenvalue weighted by Gasteiger charge is 2.42. The monoisotopic (exact) mass is 248 g/mol. The molecule has 1 aliphatic rings. The van der Waals surface area contributed by atoms with Gasteiger partial charge in [-0.2, -0.15) is 0 Å². The molecular formula is C10H12N6O2. The Morgan fingerprint density at radius 3 is 3.06 bits per heavy atom. The van der Waals surface area contributed by atoms with E-state index in [1.54, 1.807) is 0 Å². The minimum absolute atomic E-state index is 0.230. The van der Waals surface area contributed by atoms with E-state index in [1.165, 1.54) is 12.7 Å². The second-order valence-electron chi connectivity index (χ2n) is 4.43. The van der Waals surface area contributed by atoms with Gasteiger partial charge in [-0.05, 0) is 6.42 Å². The number of fused-ring (bicyclic) bond motifs is 1. The van der Waals surface area contributed by atoms with Crippen LogP contribution in [0.1, 0.15) is 6.42 Å². The summed E-state index contributed by atoms with van der Waals surface area (Å²) in [6.45, 7) is 0.779. The Labute approximate surface area is 102 Å². The minimum Gasteiger partial charge on any atom is -0.480 e.